The van der Waals surface area contributed by atoms with Crippen molar-refractivity contribution in [2.75, 3.05) is 39.8 Å². The summed E-state index contributed by atoms with van der Waals surface area (Å²) in [5.41, 5.74) is 3.98. The molecule has 1 aliphatic rings. The number of nitrogens with one attached hydrogen (secondary N) is 3. The average Bonchev–Trinajstić information content (AvgIpc) is 2.78. The topological polar surface area (TPSA) is 57.7 Å². The number of aliphatic imine (C=N–C) groups is 1. The van der Waals surface area contributed by atoms with Crippen LogP contribution in [0.4, 0.5) is 0 Å². The van der Waals surface area contributed by atoms with E-state index in [1.54, 1.807) is 0 Å². The fourth-order valence-corrected chi connectivity index (χ4v) is 4.31. The molecule has 2 atom stereocenters. The number of allylic oxidation sites excluding steroid dienone is 1. The van der Waals surface area contributed by atoms with Gasteiger partial charge in [0, 0.05) is 25.7 Å². The molecule has 0 radical (unpaired) electrons. The fraction of sp³-hybridized carbons (Fsp3) is 0.759. The predicted molar refractivity (Wildman–Crippen MR) is 150 cm³/mol. The summed E-state index contributed by atoms with van der Waals surface area (Å²) in [5.74, 6) is 1.73. The van der Waals surface area contributed by atoms with Gasteiger partial charge in [-0.1, -0.05) is 58.4 Å². The summed E-state index contributed by atoms with van der Waals surface area (Å²) in [5, 5.41) is 10.8. The van der Waals surface area contributed by atoms with Gasteiger partial charge in [0.1, 0.15) is 5.84 Å². The van der Waals surface area contributed by atoms with Gasteiger partial charge >= 0.3 is 0 Å². The Hall–Kier alpha value is -1.43. The first-order valence-electron chi connectivity index (χ1n) is 13.6. The van der Waals surface area contributed by atoms with Crippen LogP contribution in [0.2, 0.25) is 0 Å². The van der Waals surface area contributed by atoms with Crippen LogP contribution >= 0.6 is 0 Å². The summed E-state index contributed by atoms with van der Waals surface area (Å²) in [6.07, 6.45) is 12.5. The lowest BCUT2D eigenvalue weighted by atomic mass is 9.92. The highest BCUT2D eigenvalue weighted by molar-refractivity contribution is 5.84. The maximum atomic E-state index is 6.08. The lowest BCUT2D eigenvalue weighted by Crippen LogP contribution is -2.53. The quantitative estimate of drug-likeness (QED) is 0.122. The van der Waals surface area contributed by atoms with E-state index in [1.165, 1.54) is 23.1 Å². The highest BCUT2D eigenvalue weighted by atomic mass is 16.5. The Morgan fingerprint density at radius 1 is 1.29 bits per heavy atom. The van der Waals surface area contributed by atoms with Gasteiger partial charge in [-0.15, -0.1) is 0 Å². The standard InChI is InChI=1S/C29H54N4O/c1-9-15-29(7,22-31-16-10-2)33-20-28(30-8)32-17-11-12-27-21-34-25(6)19-26(18-24(27)5)14-13-23(3)4/h12,19,23,25,31,33H,5,9-11,13-18,20-22H2,1-4,6-8H3,(H,30,32)/b26-19-,27-12-. The molecular formula is C29H54N4O. The van der Waals surface area contributed by atoms with Crippen molar-refractivity contribution in [3.63, 3.8) is 0 Å². The molecule has 1 rings (SSSR count). The maximum Gasteiger partial charge on any atom is 0.110 e. The van der Waals surface area contributed by atoms with Crippen molar-refractivity contribution in [3.05, 3.63) is 35.5 Å². The normalized spacial score (nSPS) is 22.3. The first-order chi connectivity index (χ1) is 16.2. The maximum absolute atomic E-state index is 6.08. The number of hydrogen-bond donors (Lipinski definition) is 3. The average molecular weight is 475 g/mol. The minimum atomic E-state index is 0.0783. The molecule has 3 N–H and O–H groups in total. The van der Waals surface area contributed by atoms with Crippen LogP contribution in [0.5, 0.6) is 0 Å². The summed E-state index contributed by atoms with van der Waals surface area (Å²) >= 11 is 0. The monoisotopic (exact) mass is 474 g/mol. The first kappa shape index (κ1) is 30.6. The number of rotatable bonds is 15. The highest BCUT2D eigenvalue weighted by Crippen LogP contribution is 2.26. The van der Waals surface area contributed by atoms with Crippen molar-refractivity contribution in [1.29, 1.82) is 0 Å². The van der Waals surface area contributed by atoms with Crippen molar-refractivity contribution in [2.24, 2.45) is 10.9 Å². The molecular weight excluding hydrogens is 420 g/mol. The van der Waals surface area contributed by atoms with E-state index in [4.69, 9.17) is 4.74 Å². The van der Waals surface area contributed by atoms with Crippen molar-refractivity contribution in [1.82, 2.24) is 16.0 Å². The number of hydrogen-bond acceptors (Lipinski definition) is 4. The highest BCUT2D eigenvalue weighted by Gasteiger charge is 2.22. The number of amidine groups is 1. The Morgan fingerprint density at radius 3 is 2.71 bits per heavy atom. The van der Waals surface area contributed by atoms with Gasteiger partial charge in [-0.05, 0) is 76.0 Å². The van der Waals surface area contributed by atoms with E-state index in [0.29, 0.717) is 12.5 Å². The SMILES string of the molecule is C=C1C/C(CCC(C)C)=C\C(C)OC/C1=C/CCN/C(CNC(C)(CCC)CNCCC)=N\C. The second-order valence-corrected chi connectivity index (χ2v) is 10.5. The third-order valence-corrected chi connectivity index (χ3v) is 6.47. The fourth-order valence-electron chi connectivity index (χ4n) is 4.31. The molecule has 0 fully saturated rings. The van der Waals surface area contributed by atoms with Crippen LogP contribution in [0, 0.1) is 5.92 Å². The minimum Gasteiger partial charge on any atom is -0.372 e. The molecule has 34 heavy (non-hydrogen) atoms. The number of ether oxygens (including phenoxy) is 1. The zero-order chi connectivity index (χ0) is 25.4. The molecule has 5 nitrogen and oxygen atoms in total. The van der Waals surface area contributed by atoms with E-state index >= 15 is 0 Å². The third kappa shape index (κ3) is 12.9. The van der Waals surface area contributed by atoms with Crippen LogP contribution in [0.1, 0.15) is 86.5 Å². The van der Waals surface area contributed by atoms with Gasteiger partial charge in [0.2, 0.25) is 0 Å². The molecule has 0 aromatic rings. The summed E-state index contributed by atoms with van der Waals surface area (Å²) in [4.78, 5) is 4.48. The van der Waals surface area contributed by atoms with E-state index in [9.17, 15) is 0 Å². The van der Waals surface area contributed by atoms with Crippen LogP contribution < -0.4 is 16.0 Å². The molecule has 0 amide bonds. The van der Waals surface area contributed by atoms with Gasteiger partial charge in [-0.25, -0.2) is 0 Å². The Labute approximate surface area is 211 Å². The molecule has 0 aromatic heterocycles. The molecule has 0 spiro atoms. The van der Waals surface area contributed by atoms with Crippen LogP contribution in [-0.2, 0) is 4.74 Å². The Balaban J connectivity index is 2.57. The zero-order valence-corrected chi connectivity index (χ0v) is 23.4. The van der Waals surface area contributed by atoms with Crippen molar-refractivity contribution < 1.29 is 4.74 Å². The van der Waals surface area contributed by atoms with Crippen molar-refractivity contribution in [3.8, 4) is 0 Å². The largest absolute Gasteiger partial charge is 0.372 e. The molecule has 0 saturated heterocycles. The van der Waals surface area contributed by atoms with E-state index in [2.05, 4.69) is 81.2 Å². The third-order valence-electron chi connectivity index (χ3n) is 6.47. The summed E-state index contributed by atoms with van der Waals surface area (Å²) < 4.78 is 6.08. The molecule has 1 heterocycles. The molecule has 0 bridgehead atoms. The van der Waals surface area contributed by atoms with E-state index in [-0.39, 0.29) is 11.6 Å². The summed E-state index contributed by atoms with van der Waals surface area (Å²) in [7, 11) is 1.87. The van der Waals surface area contributed by atoms with Gasteiger partial charge in [-0.2, -0.15) is 0 Å². The Morgan fingerprint density at radius 2 is 2.06 bits per heavy atom. The molecule has 196 valence electrons. The molecule has 2 unspecified atom stereocenters. The van der Waals surface area contributed by atoms with Gasteiger partial charge in [0.15, 0.2) is 0 Å². The second kappa shape index (κ2) is 17.1. The summed E-state index contributed by atoms with van der Waals surface area (Å²) in [6, 6.07) is 0. The van der Waals surface area contributed by atoms with E-state index in [0.717, 1.165) is 70.5 Å². The van der Waals surface area contributed by atoms with Gasteiger partial charge < -0.3 is 20.7 Å². The molecule has 0 aliphatic carbocycles. The lowest BCUT2D eigenvalue weighted by Gasteiger charge is -2.31. The van der Waals surface area contributed by atoms with Gasteiger partial charge in [0.05, 0.1) is 19.3 Å². The Bertz CT molecular complexity index is 680. The van der Waals surface area contributed by atoms with E-state index in [1.807, 2.05) is 7.05 Å². The van der Waals surface area contributed by atoms with Crippen molar-refractivity contribution in [2.45, 2.75) is 98.1 Å². The van der Waals surface area contributed by atoms with Gasteiger partial charge in [0.25, 0.3) is 0 Å². The zero-order valence-electron chi connectivity index (χ0n) is 23.4. The van der Waals surface area contributed by atoms with Crippen LogP contribution in [-0.4, -0.2) is 57.3 Å². The predicted octanol–water partition coefficient (Wildman–Crippen LogP) is 5.80. The second-order valence-electron chi connectivity index (χ2n) is 10.5. The van der Waals surface area contributed by atoms with E-state index < -0.39 is 0 Å². The summed E-state index contributed by atoms with van der Waals surface area (Å²) in [6.45, 7) is 22.2. The number of nitrogens with zero attached hydrogens (tertiary/aromatic N) is 1. The molecule has 1 aliphatic heterocycles. The molecule has 0 aromatic carbocycles. The van der Waals surface area contributed by atoms with Crippen LogP contribution in [0.3, 0.4) is 0 Å². The van der Waals surface area contributed by atoms with Crippen molar-refractivity contribution >= 4 is 5.84 Å². The Kier molecular flexibility index (Phi) is 15.4. The smallest absolute Gasteiger partial charge is 0.110 e. The van der Waals surface area contributed by atoms with Crippen LogP contribution in [0.25, 0.3) is 0 Å². The van der Waals surface area contributed by atoms with Gasteiger partial charge in [-0.3, -0.25) is 4.99 Å². The molecule has 5 heteroatoms. The van der Waals surface area contributed by atoms with Crippen LogP contribution in [0.15, 0.2) is 40.4 Å². The lowest BCUT2D eigenvalue weighted by molar-refractivity contribution is 0.116. The molecule has 0 saturated carbocycles. The first-order valence-corrected chi connectivity index (χ1v) is 13.6. The minimum absolute atomic E-state index is 0.0783.